The lowest BCUT2D eigenvalue weighted by atomic mass is 9.73. The molecule has 0 radical (unpaired) electrons. The molecule has 0 aromatic heterocycles. The summed E-state index contributed by atoms with van der Waals surface area (Å²) in [5, 5.41) is 2.45. The van der Waals surface area contributed by atoms with Crippen LogP contribution >= 0.6 is 22.6 Å². The number of hydrogen-bond acceptors (Lipinski definition) is 1. The largest absolute Gasteiger partial charge is 0.345 e. The van der Waals surface area contributed by atoms with E-state index in [9.17, 15) is 0 Å². The lowest BCUT2D eigenvalue weighted by Gasteiger charge is -2.47. The van der Waals surface area contributed by atoms with Crippen molar-refractivity contribution in [2.45, 2.75) is 30.2 Å². The van der Waals surface area contributed by atoms with Crippen molar-refractivity contribution < 1.29 is 5.32 Å². The van der Waals surface area contributed by atoms with Crippen LogP contribution in [0.5, 0.6) is 0 Å². The topological polar surface area (TPSA) is 19.9 Å². The summed E-state index contributed by atoms with van der Waals surface area (Å²) in [4.78, 5) is 2.62. The Kier molecular flexibility index (Phi) is 2.62. The Hall–Kier alpha value is 0.650. The molecule has 0 aliphatic carbocycles. The van der Waals surface area contributed by atoms with Gasteiger partial charge in [-0.3, -0.25) is 4.90 Å². The number of likely N-dealkylation sites (tertiary alicyclic amines) is 1. The SMILES string of the molecule is CC(C)(I)N1CCC2(CC1)C[NH2+]C2. The first-order chi connectivity index (χ1) is 6.02. The maximum atomic E-state index is 2.62. The molecule has 0 unspecified atom stereocenters. The number of rotatable bonds is 1. The Labute approximate surface area is 94.6 Å². The van der Waals surface area contributed by atoms with Crippen molar-refractivity contribution >= 4 is 22.6 Å². The van der Waals surface area contributed by atoms with Gasteiger partial charge in [0.25, 0.3) is 0 Å². The Bertz CT molecular complexity index is 184. The molecular formula is C10H20IN2+. The van der Waals surface area contributed by atoms with Crippen molar-refractivity contribution in [3.8, 4) is 0 Å². The standard InChI is InChI=1S/C10H19IN2/c1-9(2,11)13-5-3-10(4-6-13)7-12-8-10/h12H,3-8H2,1-2H3/p+1. The lowest BCUT2D eigenvalue weighted by Crippen LogP contribution is -3.00. The fourth-order valence-corrected chi connectivity index (χ4v) is 2.96. The lowest BCUT2D eigenvalue weighted by molar-refractivity contribution is -0.743. The van der Waals surface area contributed by atoms with Crippen LogP contribution in [0.2, 0.25) is 0 Å². The van der Waals surface area contributed by atoms with Crippen molar-refractivity contribution in [2.75, 3.05) is 26.2 Å². The van der Waals surface area contributed by atoms with Gasteiger partial charge >= 0.3 is 0 Å². The molecule has 0 bridgehead atoms. The minimum absolute atomic E-state index is 0.354. The minimum Gasteiger partial charge on any atom is -0.345 e. The molecule has 0 aromatic carbocycles. The normalized spacial score (nSPS) is 28.8. The van der Waals surface area contributed by atoms with E-state index in [2.05, 4.69) is 46.7 Å². The van der Waals surface area contributed by atoms with E-state index < -0.39 is 0 Å². The highest BCUT2D eigenvalue weighted by Crippen LogP contribution is 2.35. The highest BCUT2D eigenvalue weighted by atomic mass is 127. The molecule has 2 heterocycles. The van der Waals surface area contributed by atoms with Gasteiger partial charge < -0.3 is 5.32 Å². The van der Waals surface area contributed by atoms with Crippen LogP contribution in [0.3, 0.4) is 0 Å². The number of hydrogen-bond donors (Lipinski definition) is 1. The van der Waals surface area contributed by atoms with Crippen molar-refractivity contribution in [3.05, 3.63) is 0 Å². The van der Waals surface area contributed by atoms with Gasteiger partial charge in [-0.05, 0) is 26.7 Å². The number of alkyl halides is 1. The Morgan fingerprint density at radius 3 is 2.08 bits per heavy atom. The van der Waals surface area contributed by atoms with E-state index in [-0.39, 0.29) is 0 Å². The molecule has 2 fully saturated rings. The molecule has 2 saturated heterocycles. The van der Waals surface area contributed by atoms with Gasteiger partial charge in [-0.25, -0.2) is 0 Å². The monoisotopic (exact) mass is 295 g/mol. The van der Waals surface area contributed by atoms with Crippen LogP contribution in [-0.2, 0) is 0 Å². The molecule has 2 nitrogen and oxygen atoms in total. The highest BCUT2D eigenvalue weighted by Gasteiger charge is 2.45. The number of piperidine rings is 1. The van der Waals surface area contributed by atoms with Gasteiger partial charge in [-0.15, -0.1) is 0 Å². The van der Waals surface area contributed by atoms with Crippen molar-refractivity contribution in [1.82, 2.24) is 4.90 Å². The van der Waals surface area contributed by atoms with Crippen LogP contribution in [0.25, 0.3) is 0 Å². The smallest absolute Gasteiger partial charge is 0.0868 e. The van der Waals surface area contributed by atoms with Crippen LogP contribution in [-0.4, -0.2) is 34.6 Å². The molecule has 13 heavy (non-hydrogen) atoms. The van der Waals surface area contributed by atoms with Gasteiger partial charge in [0.05, 0.1) is 22.1 Å². The summed E-state index contributed by atoms with van der Waals surface area (Å²) < 4.78 is 0.354. The third-order valence-corrected chi connectivity index (χ3v) is 4.41. The van der Waals surface area contributed by atoms with Crippen LogP contribution in [0, 0.1) is 5.41 Å². The molecule has 0 amide bonds. The van der Waals surface area contributed by atoms with Crippen LogP contribution < -0.4 is 5.32 Å². The van der Waals surface area contributed by atoms with Crippen LogP contribution in [0.1, 0.15) is 26.7 Å². The summed E-state index contributed by atoms with van der Waals surface area (Å²) in [6.45, 7) is 10.0. The fourth-order valence-electron chi connectivity index (χ4n) is 2.47. The summed E-state index contributed by atoms with van der Waals surface area (Å²) in [6.07, 6.45) is 2.85. The van der Waals surface area contributed by atoms with E-state index in [0.717, 1.165) is 5.41 Å². The average molecular weight is 295 g/mol. The third-order valence-electron chi connectivity index (χ3n) is 3.73. The van der Waals surface area contributed by atoms with Gasteiger partial charge in [-0.2, -0.15) is 0 Å². The molecule has 0 atom stereocenters. The zero-order valence-corrected chi connectivity index (χ0v) is 10.8. The van der Waals surface area contributed by atoms with Gasteiger partial charge in [0.15, 0.2) is 0 Å². The maximum Gasteiger partial charge on any atom is 0.0868 e. The number of nitrogens with two attached hydrogens (primary N) is 1. The molecule has 0 saturated carbocycles. The molecule has 2 aliphatic heterocycles. The van der Waals surface area contributed by atoms with Crippen molar-refractivity contribution in [2.24, 2.45) is 5.41 Å². The summed E-state index contributed by atoms with van der Waals surface area (Å²) in [5.74, 6) is 0. The van der Waals surface area contributed by atoms with Crippen molar-refractivity contribution in [1.29, 1.82) is 0 Å². The molecule has 2 rings (SSSR count). The van der Waals surface area contributed by atoms with E-state index in [1.165, 1.54) is 39.0 Å². The molecule has 0 aromatic rings. The first-order valence-electron chi connectivity index (χ1n) is 5.28. The zero-order chi connectivity index (χ0) is 9.53. The quantitative estimate of drug-likeness (QED) is 0.431. The van der Waals surface area contributed by atoms with Crippen molar-refractivity contribution in [3.63, 3.8) is 0 Å². The number of nitrogens with zero attached hydrogens (tertiary/aromatic N) is 1. The van der Waals surface area contributed by atoms with Gasteiger partial charge in [0.2, 0.25) is 0 Å². The first kappa shape index (κ1) is 10.2. The fraction of sp³-hybridized carbons (Fsp3) is 1.00. The summed E-state index contributed by atoms with van der Waals surface area (Å²) in [6, 6.07) is 0. The highest BCUT2D eigenvalue weighted by molar-refractivity contribution is 14.1. The van der Waals surface area contributed by atoms with Crippen LogP contribution in [0.4, 0.5) is 0 Å². The summed E-state index contributed by atoms with van der Waals surface area (Å²) >= 11 is 2.56. The third kappa shape index (κ3) is 2.02. The predicted molar refractivity (Wildman–Crippen MR) is 63.0 cm³/mol. The minimum atomic E-state index is 0.354. The van der Waals surface area contributed by atoms with E-state index >= 15 is 0 Å². The maximum absolute atomic E-state index is 2.62. The Morgan fingerprint density at radius 2 is 1.77 bits per heavy atom. The molecule has 2 N–H and O–H groups in total. The van der Waals surface area contributed by atoms with E-state index in [1.54, 1.807) is 0 Å². The molecular weight excluding hydrogens is 275 g/mol. The molecule has 1 spiro atoms. The zero-order valence-electron chi connectivity index (χ0n) is 8.65. The van der Waals surface area contributed by atoms with Gasteiger partial charge in [0.1, 0.15) is 0 Å². The molecule has 76 valence electrons. The summed E-state index contributed by atoms with van der Waals surface area (Å²) in [5.41, 5.74) is 0.748. The number of halogens is 1. The first-order valence-corrected chi connectivity index (χ1v) is 6.35. The average Bonchev–Trinajstić information content (AvgIpc) is 2.00. The van der Waals surface area contributed by atoms with E-state index in [1.807, 2.05) is 0 Å². The predicted octanol–water partition coefficient (Wildman–Crippen LogP) is 0.817. The second-order valence-electron chi connectivity index (χ2n) is 5.09. The Morgan fingerprint density at radius 1 is 1.23 bits per heavy atom. The Balaban J connectivity index is 1.89. The van der Waals surface area contributed by atoms with Gasteiger partial charge in [0, 0.05) is 13.1 Å². The molecule has 3 heteroatoms. The van der Waals surface area contributed by atoms with E-state index in [0.29, 0.717) is 3.55 Å². The second-order valence-corrected chi connectivity index (χ2v) is 7.73. The molecule has 2 aliphatic rings. The van der Waals surface area contributed by atoms with E-state index in [4.69, 9.17) is 0 Å². The van der Waals surface area contributed by atoms with Crippen LogP contribution in [0.15, 0.2) is 0 Å². The second kappa shape index (κ2) is 3.35. The number of quaternary nitrogens is 1. The summed E-state index contributed by atoms with van der Waals surface area (Å²) in [7, 11) is 0. The van der Waals surface area contributed by atoms with Gasteiger partial charge in [-0.1, -0.05) is 22.6 Å².